The summed E-state index contributed by atoms with van der Waals surface area (Å²) in [5, 5.41) is 13.9. The van der Waals surface area contributed by atoms with Crippen LogP contribution in [-0.4, -0.2) is 20.4 Å². The highest BCUT2D eigenvalue weighted by Gasteiger charge is 2.19. The molecule has 2 aromatic carbocycles. The fourth-order valence-corrected chi connectivity index (χ4v) is 3.05. The van der Waals surface area contributed by atoms with Gasteiger partial charge in [-0.05, 0) is 29.7 Å². The Morgan fingerprint density at radius 1 is 1.24 bits per heavy atom. The Bertz CT molecular complexity index is 1130. The zero-order chi connectivity index (χ0) is 21.1. The lowest BCUT2D eigenvalue weighted by Crippen LogP contribution is -2.36. The minimum absolute atomic E-state index is 0.0264. The van der Waals surface area contributed by atoms with Gasteiger partial charge < -0.3 is 5.32 Å². The Hall–Kier alpha value is -3.62. The van der Waals surface area contributed by atoms with Gasteiger partial charge in [-0.3, -0.25) is 24.3 Å². The van der Waals surface area contributed by atoms with Crippen molar-refractivity contribution in [3.8, 4) is 0 Å². The molecule has 0 fully saturated rings. The van der Waals surface area contributed by atoms with Gasteiger partial charge in [0.15, 0.2) is 0 Å². The molecule has 1 amide bonds. The Kier molecular flexibility index (Phi) is 5.67. The first kappa shape index (κ1) is 20.1. The topological polar surface area (TPSA) is 107 Å². The lowest BCUT2D eigenvalue weighted by atomic mass is 9.96. The first-order valence-corrected chi connectivity index (χ1v) is 8.94. The zero-order valence-electron chi connectivity index (χ0n) is 15.8. The van der Waals surface area contributed by atoms with E-state index in [1.54, 1.807) is 12.1 Å². The molecule has 9 heteroatoms. The lowest BCUT2D eigenvalue weighted by Gasteiger charge is -2.23. The number of hydrogen-bond donors (Lipinski definition) is 1. The quantitative estimate of drug-likeness (QED) is 0.507. The van der Waals surface area contributed by atoms with Crippen LogP contribution in [-0.2, 0) is 11.3 Å². The maximum absolute atomic E-state index is 13.2. The van der Waals surface area contributed by atoms with Crippen molar-refractivity contribution in [1.29, 1.82) is 0 Å². The zero-order valence-corrected chi connectivity index (χ0v) is 15.8. The van der Waals surface area contributed by atoms with Crippen molar-refractivity contribution in [2.45, 2.75) is 26.4 Å². The van der Waals surface area contributed by atoms with Crippen LogP contribution in [0.15, 0.2) is 53.6 Å². The Morgan fingerprint density at radius 2 is 1.93 bits per heavy atom. The highest BCUT2D eigenvalue weighted by Crippen LogP contribution is 2.22. The van der Waals surface area contributed by atoms with Gasteiger partial charge >= 0.3 is 0 Å². The van der Waals surface area contributed by atoms with Gasteiger partial charge in [0.1, 0.15) is 12.4 Å². The molecule has 1 N–H and O–H groups in total. The molecule has 0 saturated carbocycles. The smallest absolute Gasteiger partial charge is 0.270 e. The second kappa shape index (κ2) is 8.17. The van der Waals surface area contributed by atoms with E-state index in [4.69, 9.17) is 0 Å². The van der Waals surface area contributed by atoms with Gasteiger partial charge in [0.05, 0.1) is 28.2 Å². The first-order chi connectivity index (χ1) is 13.8. The van der Waals surface area contributed by atoms with E-state index in [9.17, 15) is 24.1 Å². The van der Waals surface area contributed by atoms with Gasteiger partial charge in [-0.2, -0.15) is 0 Å². The predicted octanol–water partition coefficient (Wildman–Crippen LogP) is 2.96. The number of nitro benzene ring substituents is 1. The van der Waals surface area contributed by atoms with E-state index >= 15 is 0 Å². The van der Waals surface area contributed by atoms with Gasteiger partial charge in [-0.25, -0.2) is 9.37 Å². The maximum atomic E-state index is 13.2. The fourth-order valence-electron chi connectivity index (χ4n) is 3.05. The number of nitrogens with zero attached hydrogens (tertiary/aromatic N) is 3. The summed E-state index contributed by atoms with van der Waals surface area (Å²) < 4.78 is 14.3. The summed E-state index contributed by atoms with van der Waals surface area (Å²) in [5.74, 6) is -0.773. The summed E-state index contributed by atoms with van der Waals surface area (Å²) in [7, 11) is 0. The number of carbonyl (C=O) groups excluding carboxylic acids is 1. The normalized spacial score (nSPS) is 12.1. The van der Waals surface area contributed by atoms with Crippen molar-refractivity contribution in [1.82, 2.24) is 14.9 Å². The van der Waals surface area contributed by atoms with Crippen molar-refractivity contribution >= 4 is 22.5 Å². The summed E-state index contributed by atoms with van der Waals surface area (Å²) >= 11 is 0. The highest BCUT2D eigenvalue weighted by molar-refractivity contribution is 5.81. The molecule has 3 aromatic rings. The molecule has 1 heterocycles. The van der Waals surface area contributed by atoms with Crippen LogP contribution in [0.1, 0.15) is 25.5 Å². The standard InChI is InChI=1S/C20H19FN4O4/c1-12(2)19(13-3-5-14(21)6-4-13)23-18(26)10-24-11-22-17-8-7-15(25(28)29)9-16(17)20(24)27/h3-9,11-12,19H,10H2,1-2H3,(H,23,26). The van der Waals surface area contributed by atoms with Crippen LogP contribution in [0, 0.1) is 21.8 Å². The Labute approximate surface area is 165 Å². The van der Waals surface area contributed by atoms with Crippen LogP contribution in [0.2, 0.25) is 0 Å². The molecule has 0 aliphatic heterocycles. The third-order valence-electron chi connectivity index (χ3n) is 4.54. The number of nitro groups is 1. The molecule has 3 rings (SSSR count). The second-order valence-corrected chi connectivity index (χ2v) is 6.98. The van der Waals surface area contributed by atoms with Gasteiger partial charge in [-0.1, -0.05) is 26.0 Å². The molecule has 29 heavy (non-hydrogen) atoms. The van der Waals surface area contributed by atoms with Crippen LogP contribution >= 0.6 is 0 Å². The highest BCUT2D eigenvalue weighted by atomic mass is 19.1. The monoisotopic (exact) mass is 398 g/mol. The minimum Gasteiger partial charge on any atom is -0.347 e. The number of carbonyl (C=O) groups is 1. The minimum atomic E-state index is -0.598. The van der Waals surface area contributed by atoms with Crippen molar-refractivity contribution in [2.75, 3.05) is 0 Å². The molecule has 0 spiro atoms. The van der Waals surface area contributed by atoms with E-state index in [2.05, 4.69) is 10.3 Å². The van der Waals surface area contributed by atoms with E-state index in [1.807, 2.05) is 13.8 Å². The lowest BCUT2D eigenvalue weighted by molar-refractivity contribution is -0.384. The summed E-state index contributed by atoms with van der Waals surface area (Å²) in [6.07, 6.45) is 1.23. The summed E-state index contributed by atoms with van der Waals surface area (Å²) in [5.41, 5.74) is 0.282. The van der Waals surface area contributed by atoms with Crippen molar-refractivity contribution in [3.63, 3.8) is 0 Å². The molecule has 1 unspecified atom stereocenters. The van der Waals surface area contributed by atoms with E-state index in [0.29, 0.717) is 5.52 Å². The fraction of sp³-hybridized carbons (Fsp3) is 0.250. The second-order valence-electron chi connectivity index (χ2n) is 6.98. The van der Waals surface area contributed by atoms with Gasteiger partial charge in [0, 0.05) is 12.1 Å². The maximum Gasteiger partial charge on any atom is 0.270 e. The Balaban J connectivity index is 1.84. The number of hydrogen-bond acceptors (Lipinski definition) is 5. The van der Waals surface area contributed by atoms with Crippen LogP contribution in [0.5, 0.6) is 0 Å². The molecular formula is C20H19FN4O4. The molecule has 8 nitrogen and oxygen atoms in total. The number of rotatable bonds is 6. The predicted molar refractivity (Wildman–Crippen MR) is 105 cm³/mol. The summed E-state index contributed by atoms with van der Waals surface area (Å²) in [6.45, 7) is 3.53. The number of amides is 1. The number of aromatic nitrogens is 2. The number of nitrogens with one attached hydrogen (secondary N) is 1. The molecule has 0 radical (unpaired) electrons. The molecular weight excluding hydrogens is 379 g/mol. The average Bonchev–Trinajstić information content (AvgIpc) is 2.68. The number of non-ortho nitro benzene ring substituents is 1. The molecule has 1 atom stereocenters. The molecule has 0 aliphatic carbocycles. The largest absolute Gasteiger partial charge is 0.347 e. The molecule has 150 valence electrons. The summed E-state index contributed by atoms with van der Waals surface area (Å²) in [6, 6.07) is 9.28. The van der Waals surface area contributed by atoms with E-state index in [-0.39, 0.29) is 35.4 Å². The molecule has 0 saturated heterocycles. The third kappa shape index (κ3) is 4.45. The first-order valence-electron chi connectivity index (χ1n) is 8.94. The third-order valence-corrected chi connectivity index (χ3v) is 4.54. The molecule has 1 aromatic heterocycles. The van der Waals surface area contributed by atoms with E-state index in [0.717, 1.165) is 16.2 Å². The van der Waals surface area contributed by atoms with Crippen LogP contribution in [0.3, 0.4) is 0 Å². The van der Waals surface area contributed by atoms with Crippen LogP contribution in [0.4, 0.5) is 10.1 Å². The number of benzene rings is 2. The number of halogens is 1. The summed E-state index contributed by atoms with van der Waals surface area (Å²) in [4.78, 5) is 39.6. The van der Waals surface area contributed by atoms with Crippen molar-refractivity contribution < 1.29 is 14.1 Å². The van der Waals surface area contributed by atoms with Crippen molar-refractivity contribution in [3.05, 3.63) is 80.6 Å². The van der Waals surface area contributed by atoms with Gasteiger partial charge in [0.2, 0.25) is 5.91 Å². The average molecular weight is 398 g/mol. The molecule has 0 bridgehead atoms. The van der Waals surface area contributed by atoms with Crippen LogP contribution in [0.25, 0.3) is 10.9 Å². The van der Waals surface area contributed by atoms with E-state index < -0.39 is 16.4 Å². The number of fused-ring (bicyclic) bond motifs is 1. The van der Waals surface area contributed by atoms with Crippen LogP contribution < -0.4 is 10.9 Å². The Morgan fingerprint density at radius 3 is 2.55 bits per heavy atom. The van der Waals surface area contributed by atoms with E-state index in [1.165, 1.54) is 30.6 Å². The molecule has 0 aliphatic rings. The van der Waals surface area contributed by atoms with Crippen molar-refractivity contribution in [2.24, 2.45) is 5.92 Å². The van der Waals surface area contributed by atoms with Gasteiger partial charge in [0.25, 0.3) is 11.2 Å². The SMILES string of the molecule is CC(C)C(NC(=O)Cn1cnc2ccc([N+](=O)[O-])cc2c1=O)c1ccc(F)cc1. The van der Waals surface area contributed by atoms with Gasteiger partial charge in [-0.15, -0.1) is 0 Å².